The van der Waals surface area contributed by atoms with Gasteiger partial charge >= 0.3 is 0 Å². The van der Waals surface area contributed by atoms with Crippen LogP contribution >= 0.6 is 0 Å². The van der Waals surface area contributed by atoms with Crippen molar-refractivity contribution in [3.63, 3.8) is 0 Å². The van der Waals surface area contributed by atoms with E-state index in [9.17, 15) is 5.11 Å². The SMILES string of the molecule is CCCCCn1c(NCc2ccccc2O)nc2ccccc21. The van der Waals surface area contributed by atoms with Crippen LogP contribution in [0.25, 0.3) is 11.0 Å². The van der Waals surface area contributed by atoms with E-state index >= 15 is 0 Å². The second kappa shape index (κ2) is 7.18. The van der Waals surface area contributed by atoms with Crippen molar-refractivity contribution < 1.29 is 5.11 Å². The smallest absolute Gasteiger partial charge is 0.204 e. The number of phenols is 1. The van der Waals surface area contributed by atoms with Gasteiger partial charge in [-0.2, -0.15) is 0 Å². The van der Waals surface area contributed by atoms with Crippen molar-refractivity contribution in [2.24, 2.45) is 0 Å². The Balaban J connectivity index is 1.84. The number of para-hydroxylation sites is 3. The van der Waals surface area contributed by atoms with Crippen LogP contribution in [0.3, 0.4) is 0 Å². The third-order valence-corrected chi connectivity index (χ3v) is 4.07. The first-order valence-corrected chi connectivity index (χ1v) is 8.25. The summed E-state index contributed by atoms with van der Waals surface area (Å²) in [6.45, 7) is 3.73. The molecule has 4 nitrogen and oxygen atoms in total. The fourth-order valence-electron chi connectivity index (χ4n) is 2.79. The van der Waals surface area contributed by atoms with Gasteiger partial charge in [-0.3, -0.25) is 0 Å². The number of aromatic nitrogens is 2. The van der Waals surface area contributed by atoms with E-state index in [2.05, 4.69) is 22.9 Å². The summed E-state index contributed by atoms with van der Waals surface area (Å²) in [6.07, 6.45) is 3.56. The largest absolute Gasteiger partial charge is 0.508 e. The molecule has 120 valence electrons. The quantitative estimate of drug-likeness (QED) is 0.630. The van der Waals surface area contributed by atoms with Gasteiger partial charge in [0.05, 0.1) is 11.0 Å². The maximum absolute atomic E-state index is 9.90. The summed E-state index contributed by atoms with van der Waals surface area (Å²) in [7, 11) is 0. The van der Waals surface area contributed by atoms with Gasteiger partial charge in [0.2, 0.25) is 5.95 Å². The average molecular weight is 309 g/mol. The summed E-state index contributed by atoms with van der Waals surface area (Å²) in [5.74, 6) is 1.18. The third-order valence-electron chi connectivity index (χ3n) is 4.07. The van der Waals surface area contributed by atoms with Gasteiger partial charge in [0.15, 0.2) is 0 Å². The van der Waals surface area contributed by atoms with E-state index in [1.807, 2.05) is 36.4 Å². The Morgan fingerprint density at radius 1 is 1.04 bits per heavy atom. The second-order valence-electron chi connectivity index (χ2n) is 5.77. The van der Waals surface area contributed by atoms with Gasteiger partial charge in [-0.25, -0.2) is 4.98 Å². The van der Waals surface area contributed by atoms with Crippen molar-refractivity contribution in [2.75, 3.05) is 5.32 Å². The van der Waals surface area contributed by atoms with Crippen molar-refractivity contribution in [2.45, 2.75) is 39.3 Å². The molecular weight excluding hydrogens is 286 g/mol. The number of hydrogen-bond donors (Lipinski definition) is 2. The molecule has 0 radical (unpaired) electrons. The molecule has 0 saturated heterocycles. The Morgan fingerprint density at radius 3 is 2.65 bits per heavy atom. The molecule has 0 bridgehead atoms. The molecule has 0 atom stereocenters. The Bertz CT molecular complexity index is 779. The van der Waals surface area contributed by atoms with Crippen LogP contribution < -0.4 is 5.32 Å². The van der Waals surface area contributed by atoms with E-state index in [0.717, 1.165) is 35.5 Å². The molecule has 3 rings (SSSR count). The highest BCUT2D eigenvalue weighted by Gasteiger charge is 2.10. The van der Waals surface area contributed by atoms with Gasteiger partial charge < -0.3 is 15.0 Å². The first-order valence-electron chi connectivity index (χ1n) is 8.25. The number of hydrogen-bond acceptors (Lipinski definition) is 3. The molecule has 23 heavy (non-hydrogen) atoms. The monoisotopic (exact) mass is 309 g/mol. The number of phenolic OH excluding ortho intramolecular Hbond substituents is 1. The zero-order valence-electron chi connectivity index (χ0n) is 13.5. The van der Waals surface area contributed by atoms with Crippen LogP contribution in [0, 0.1) is 0 Å². The number of nitrogens with zero attached hydrogens (tertiary/aromatic N) is 2. The lowest BCUT2D eigenvalue weighted by Gasteiger charge is -2.11. The number of unbranched alkanes of at least 4 members (excludes halogenated alkanes) is 2. The van der Waals surface area contributed by atoms with Gasteiger partial charge in [-0.1, -0.05) is 50.1 Å². The van der Waals surface area contributed by atoms with Crippen molar-refractivity contribution in [1.29, 1.82) is 0 Å². The van der Waals surface area contributed by atoms with Gasteiger partial charge in [0.1, 0.15) is 5.75 Å². The van der Waals surface area contributed by atoms with E-state index in [0.29, 0.717) is 12.3 Å². The van der Waals surface area contributed by atoms with Gasteiger partial charge in [0.25, 0.3) is 0 Å². The lowest BCUT2D eigenvalue weighted by molar-refractivity contribution is 0.469. The lowest BCUT2D eigenvalue weighted by atomic mass is 10.2. The van der Waals surface area contributed by atoms with Crippen LogP contribution in [-0.2, 0) is 13.1 Å². The Morgan fingerprint density at radius 2 is 1.83 bits per heavy atom. The molecule has 0 aliphatic heterocycles. The number of fused-ring (bicyclic) bond motifs is 1. The molecule has 0 amide bonds. The minimum Gasteiger partial charge on any atom is -0.508 e. The first kappa shape index (κ1) is 15.4. The Hall–Kier alpha value is -2.49. The molecule has 1 aromatic heterocycles. The predicted molar refractivity (Wildman–Crippen MR) is 94.7 cm³/mol. The van der Waals surface area contributed by atoms with Gasteiger partial charge in [0, 0.05) is 18.7 Å². The van der Waals surface area contributed by atoms with E-state index < -0.39 is 0 Å². The Labute approximate surface area is 136 Å². The predicted octanol–water partition coefficient (Wildman–Crippen LogP) is 4.54. The highest BCUT2D eigenvalue weighted by Crippen LogP contribution is 2.22. The van der Waals surface area contributed by atoms with E-state index in [1.54, 1.807) is 6.07 Å². The molecule has 2 N–H and O–H groups in total. The lowest BCUT2D eigenvalue weighted by Crippen LogP contribution is -2.08. The minimum absolute atomic E-state index is 0.314. The Kier molecular flexibility index (Phi) is 4.81. The molecule has 0 saturated carbocycles. The number of imidazole rings is 1. The standard InChI is InChI=1S/C19H23N3O/c1-2-3-8-13-22-17-11-6-5-10-16(17)21-19(22)20-14-15-9-4-7-12-18(15)23/h4-7,9-12,23H,2-3,8,13-14H2,1H3,(H,20,21). The van der Waals surface area contributed by atoms with Crippen LogP contribution in [0.2, 0.25) is 0 Å². The molecule has 0 fully saturated rings. The fraction of sp³-hybridized carbons (Fsp3) is 0.316. The third kappa shape index (κ3) is 3.47. The van der Waals surface area contributed by atoms with E-state index in [1.165, 1.54) is 12.8 Å². The average Bonchev–Trinajstić information content (AvgIpc) is 2.92. The van der Waals surface area contributed by atoms with Gasteiger partial charge in [-0.05, 0) is 24.6 Å². The maximum Gasteiger partial charge on any atom is 0.204 e. The molecule has 0 spiro atoms. The minimum atomic E-state index is 0.314. The zero-order valence-corrected chi connectivity index (χ0v) is 13.5. The van der Waals surface area contributed by atoms with Crippen molar-refractivity contribution >= 4 is 17.0 Å². The summed E-state index contributed by atoms with van der Waals surface area (Å²) in [4.78, 5) is 4.71. The molecule has 0 unspecified atom stereocenters. The summed E-state index contributed by atoms with van der Waals surface area (Å²) in [6, 6.07) is 15.6. The van der Waals surface area contributed by atoms with Crippen molar-refractivity contribution in [3.05, 3.63) is 54.1 Å². The first-order chi connectivity index (χ1) is 11.3. The van der Waals surface area contributed by atoms with Crippen LogP contribution in [0.5, 0.6) is 5.75 Å². The fourth-order valence-corrected chi connectivity index (χ4v) is 2.79. The number of benzene rings is 2. The number of nitrogens with one attached hydrogen (secondary N) is 1. The molecule has 2 aromatic carbocycles. The molecule has 4 heteroatoms. The molecule has 0 aliphatic rings. The molecule has 3 aromatic rings. The number of anilines is 1. The highest BCUT2D eigenvalue weighted by molar-refractivity contribution is 5.78. The summed E-state index contributed by atoms with van der Waals surface area (Å²) >= 11 is 0. The van der Waals surface area contributed by atoms with Crippen LogP contribution in [0.15, 0.2) is 48.5 Å². The number of aryl methyl sites for hydroxylation is 1. The highest BCUT2D eigenvalue weighted by atomic mass is 16.3. The topological polar surface area (TPSA) is 50.1 Å². The van der Waals surface area contributed by atoms with E-state index in [4.69, 9.17) is 4.98 Å². The van der Waals surface area contributed by atoms with Gasteiger partial charge in [-0.15, -0.1) is 0 Å². The summed E-state index contributed by atoms with van der Waals surface area (Å²) in [5, 5.41) is 13.3. The second-order valence-corrected chi connectivity index (χ2v) is 5.77. The number of aromatic hydroxyl groups is 1. The van der Waals surface area contributed by atoms with E-state index in [-0.39, 0.29) is 0 Å². The van der Waals surface area contributed by atoms with Crippen molar-refractivity contribution in [3.8, 4) is 5.75 Å². The van der Waals surface area contributed by atoms with Crippen molar-refractivity contribution in [1.82, 2.24) is 9.55 Å². The molecular formula is C19H23N3O. The van der Waals surface area contributed by atoms with Crippen LogP contribution in [0.4, 0.5) is 5.95 Å². The number of rotatable bonds is 7. The molecule has 0 aliphatic carbocycles. The summed E-state index contributed by atoms with van der Waals surface area (Å²) < 4.78 is 2.24. The maximum atomic E-state index is 9.90. The van der Waals surface area contributed by atoms with Crippen LogP contribution in [-0.4, -0.2) is 14.7 Å². The molecule has 1 heterocycles. The normalized spacial score (nSPS) is 11.0. The zero-order chi connectivity index (χ0) is 16.1. The summed E-state index contributed by atoms with van der Waals surface area (Å²) in [5.41, 5.74) is 3.03. The van der Waals surface area contributed by atoms with Crippen LogP contribution in [0.1, 0.15) is 31.7 Å².